The Kier molecular flexibility index (Phi) is 6.36. The molecule has 162 valence electrons. The first-order valence-corrected chi connectivity index (χ1v) is 11.3. The van der Waals surface area contributed by atoms with Gasteiger partial charge >= 0.3 is 11.9 Å². The molecule has 1 spiro atoms. The number of carbonyl (C=O) groups excluding carboxylic acids is 2. The number of nitrogens with one attached hydrogen (secondary N) is 1. The van der Waals surface area contributed by atoms with Crippen molar-refractivity contribution in [3.8, 4) is 0 Å². The van der Waals surface area contributed by atoms with E-state index < -0.39 is 29.2 Å². The van der Waals surface area contributed by atoms with Gasteiger partial charge in [-0.3, -0.25) is 4.79 Å². The van der Waals surface area contributed by atoms with Gasteiger partial charge in [0.1, 0.15) is 0 Å². The van der Waals surface area contributed by atoms with Gasteiger partial charge in [-0.15, -0.1) is 0 Å². The van der Waals surface area contributed by atoms with Gasteiger partial charge in [0.25, 0.3) is 11.7 Å². The fourth-order valence-electron chi connectivity index (χ4n) is 3.52. The van der Waals surface area contributed by atoms with Crippen LogP contribution >= 0.6 is 35.0 Å². The van der Waals surface area contributed by atoms with E-state index in [1.165, 1.54) is 11.8 Å². The smallest absolute Gasteiger partial charge is 0.354 e. The van der Waals surface area contributed by atoms with Gasteiger partial charge < -0.3 is 19.9 Å². The normalized spacial score (nSPS) is 17.8. The summed E-state index contributed by atoms with van der Waals surface area (Å²) in [6.07, 6.45) is 3.61. The summed E-state index contributed by atoms with van der Waals surface area (Å²) in [5, 5.41) is 13.7. The van der Waals surface area contributed by atoms with E-state index >= 15 is 0 Å². The van der Waals surface area contributed by atoms with Gasteiger partial charge in [0.05, 0.1) is 10.7 Å². The number of ether oxygens (including phenoxy) is 2. The SMILES string of the molecule is O=C(Nc1ccc(Sc2ccc(Cl)cc2)cc1Cl)C1=C(O)OC2(CCCCC2)OC1=O. The highest BCUT2D eigenvalue weighted by molar-refractivity contribution is 7.99. The summed E-state index contributed by atoms with van der Waals surface area (Å²) in [6, 6.07) is 12.5. The van der Waals surface area contributed by atoms with Crippen LogP contribution in [0.4, 0.5) is 5.69 Å². The summed E-state index contributed by atoms with van der Waals surface area (Å²) in [7, 11) is 0. The lowest BCUT2D eigenvalue weighted by Gasteiger charge is -2.38. The maximum absolute atomic E-state index is 12.6. The molecule has 1 aliphatic carbocycles. The van der Waals surface area contributed by atoms with Crippen LogP contribution in [-0.4, -0.2) is 22.8 Å². The van der Waals surface area contributed by atoms with Crippen LogP contribution in [0, 0.1) is 0 Å². The fraction of sp³-hybridized carbons (Fsp3) is 0.273. The van der Waals surface area contributed by atoms with Gasteiger partial charge in [0, 0.05) is 27.7 Å². The third kappa shape index (κ3) is 4.95. The Hall–Kier alpha value is -2.35. The number of benzene rings is 2. The molecule has 0 unspecified atom stereocenters. The van der Waals surface area contributed by atoms with Crippen LogP contribution in [0.15, 0.2) is 63.8 Å². The van der Waals surface area contributed by atoms with Crippen LogP contribution in [0.25, 0.3) is 0 Å². The molecule has 0 aromatic heterocycles. The molecule has 6 nitrogen and oxygen atoms in total. The predicted molar refractivity (Wildman–Crippen MR) is 118 cm³/mol. The standard InChI is InChI=1S/C22H19Cl2NO5S/c23-13-4-6-14(7-5-13)31-15-8-9-17(16(24)12-15)25-19(26)18-20(27)29-22(30-21(18)28)10-2-1-3-11-22/h4-9,12,27H,1-3,10-11H2,(H,25,26). The minimum absolute atomic E-state index is 0.279. The Morgan fingerprint density at radius 1 is 1.00 bits per heavy atom. The maximum Gasteiger partial charge on any atom is 0.354 e. The second-order valence-electron chi connectivity index (χ2n) is 7.29. The lowest BCUT2D eigenvalue weighted by molar-refractivity contribution is -0.249. The van der Waals surface area contributed by atoms with Crippen molar-refractivity contribution in [2.24, 2.45) is 0 Å². The van der Waals surface area contributed by atoms with Crippen LogP contribution < -0.4 is 5.32 Å². The molecule has 0 bridgehead atoms. The maximum atomic E-state index is 12.6. The van der Waals surface area contributed by atoms with E-state index in [1.807, 2.05) is 12.1 Å². The number of anilines is 1. The monoisotopic (exact) mass is 479 g/mol. The molecule has 1 aliphatic heterocycles. The Morgan fingerprint density at radius 3 is 2.32 bits per heavy atom. The average Bonchev–Trinajstić information content (AvgIpc) is 2.71. The zero-order chi connectivity index (χ0) is 22.0. The first-order chi connectivity index (χ1) is 14.8. The molecule has 2 aromatic rings. The van der Waals surface area contributed by atoms with Crippen molar-refractivity contribution in [3.63, 3.8) is 0 Å². The Bertz CT molecular complexity index is 1050. The number of esters is 1. The first kappa shape index (κ1) is 21.9. The van der Waals surface area contributed by atoms with Gasteiger partial charge in [-0.25, -0.2) is 4.79 Å². The van der Waals surface area contributed by atoms with Crippen LogP contribution in [0.2, 0.25) is 10.0 Å². The fourth-order valence-corrected chi connectivity index (χ4v) is 4.80. The van der Waals surface area contributed by atoms with E-state index in [-0.39, 0.29) is 10.7 Å². The summed E-state index contributed by atoms with van der Waals surface area (Å²) in [5.41, 5.74) is -0.287. The van der Waals surface area contributed by atoms with Crippen molar-refractivity contribution in [1.29, 1.82) is 0 Å². The molecule has 0 atom stereocenters. The topological polar surface area (TPSA) is 84.9 Å². The number of halogens is 2. The lowest BCUT2D eigenvalue weighted by atomic mass is 9.93. The van der Waals surface area contributed by atoms with Crippen molar-refractivity contribution in [1.82, 2.24) is 0 Å². The Labute approximate surface area is 193 Å². The molecule has 31 heavy (non-hydrogen) atoms. The molecule has 0 radical (unpaired) electrons. The molecule has 2 aromatic carbocycles. The van der Waals surface area contributed by atoms with Gasteiger partial charge in [-0.2, -0.15) is 0 Å². The minimum atomic E-state index is -1.18. The number of aliphatic hydroxyl groups is 1. The largest absolute Gasteiger partial charge is 0.480 e. The minimum Gasteiger partial charge on any atom is -0.480 e. The van der Waals surface area contributed by atoms with E-state index in [0.717, 1.165) is 29.1 Å². The Morgan fingerprint density at radius 2 is 1.68 bits per heavy atom. The number of hydrogen-bond acceptors (Lipinski definition) is 6. The number of carbonyl (C=O) groups is 2. The molecule has 1 fully saturated rings. The van der Waals surface area contributed by atoms with Gasteiger partial charge in [-0.05, 0) is 55.3 Å². The third-order valence-corrected chi connectivity index (χ3v) is 6.62. The van der Waals surface area contributed by atoms with Crippen molar-refractivity contribution in [2.45, 2.75) is 47.7 Å². The van der Waals surface area contributed by atoms with Crippen molar-refractivity contribution in [2.75, 3.05) is 5.32 Å². The molecule has 1 amide bonds. The van der Waals surface area contributed by atoms with Crippen molar-refractivity contribution in [3.05, 3.63) is 64.0 Å². The highest BCUT2D eigenvalue weighted by atomic mass is 35.5. The second kappa shape index (κ2) is 9.02. The van der Waals surface area contributed by atoms with Gasteiger partial charge in [-0.1, -0.05) is 41.4 Å². The molecule has 9 heteroatoms. The Balaban J connectivity index is 1.47. The molecule has 2 aliphatic rings. The average molecular weight is 480 g/mol. The van der Waals surface area contributed by atoms with Crippen LogP contribution in [0.1, 0.15) is 32.1 Å². The lowest BCUT2D eigenvalue weighted by Crippen LogP contribution is -2.45. The van der Waals surface area contributed by atoms with E-state index in [9.17, 15) is 14.7 Å². The van der Waals surface area contributed by atoms with Crippen molar-refractivity contribution < 1.29 is 24.2 Å². The summed E-state index contributed by atoms with van der Waals surface area (Å²) in [5.74, 6) is -3.66. The summed E-state index contributed by atoms with van der Waals surface area (Å²) < 4.78 is 10.9. The first-order valence-electron chi connectivity index (χ1n) is 9.75. The zero-order valence-corrected chi connectivity index (χ0v) is 18.6. The van der Waals surface area contributed by atoms with Gasteiger partial charge in [0.15, 0.2) is 0 Å². The molecule has 1 saturated carbocycles. The molecular weight excluding hydrogens is 461 g/mol. The number of aliphatic hydroxyl groups excluding tert-OH is 1. The highest BCUT2D eigenvalue weighted by Crippen LogP contribution is 2.39. The molecule has 1 heterocycles. The number of hydrogen-bond donors (Lipinski definition) is 2. The number of rotatable bonds is 4. The van der Waals surface area contributed by atoms with E-state index in [1.54, 1.807) is 30.3 Å². The second-order valence-corrected chi connectivity index (χ2v) is 9.29. The van der Waals surface area contributed by atoms with E-state index in [2.05, 4.69) is 5.32 Å². The summed E-state index contributed by atoms with van der Waals surface area (Å²) >= 11 is 13.7. The third-order valence-electron chi connectivity index (χ3n) is 5.06. The number of amides is 1. The summed E-state index contributed by atoms with van der Waals surface area (Å²) in [6.45, 7) is 0. The molecular formula is C22H19Cl2NO5S. The predicted octanol–water partition coefficient (Wildman–Crippen LogP) is 6.09. The van der Waals surface area contributed by atoms with E-state index in [4.69, 9.17) is 32.7 Å². The molecule has 0 saturated heterocycles. The van der Waals surface area contributed by atoms with Crippen LogP contribution in [0.5, 0.6) is 0 Å². The van der Waals surface area contributed by atoms with Crippen LogP contribution in [-0.2, 0) is 19.1 Å². The summed E-state index contributed by atoms with van der Waals surface area (Å²) in [4.78, 5) is 26.9. The molecule has 4 rings (SSSR count). The van der Waals surface area contributed by atoms with Crippen molar-refractivity contribution >= 4 is 52.5 Å². The highest BCUT2D eigenvalue weighted by Gasteiger charge is 2.46. The quantitative estimate of drug-likeness (QED) is 0.407. The van der Waals surface area contributed by atoms with Crippen LogP contribution in [0.3, 0.4) is 0 Å². The zero-order valence-electron chi connectivity index (χ0n) is 16.3. The van der Waals surface area contributed by atoms with E-state index in [0.29, 0.717) is 17.9 Å². The molecule has 2 N–H and O–H groups in total. The van der Waals surface area contributed by atoms with Gasteiger partial charge in [0.2, 0.25) is 5.57 Å².